The zero-order valence-corrected chi connectivity index (χ0v) is 9.25. The Hall–Kier alpha value is -2.43. The normalized spacial score (nSPS) is 9.71. The second-order valence-electron chi connectivity index (χ2n) is 3.35. The van der Waals surface area contributed by atoms with Crippen molar-refractivity contribution in [1.82, 2.24) is 4.98 Å². The van der Waals surface area contributed by atoms with E-state index in [1.54, 1.807) is 19.2 Å². The average Bonchev–Trinajstić information content (AvgIpc) is 2.39. The lowest BCUT2D eigenvalue weighted by molar-refractivity contribution is 0.415. The van der Waals surface area contributed by atoms with Gasteiger partial charge in [-0.15, -0.1) is 4.91 Å². The van der Waals surface area contributed by atoms with E-state index in [1.807, 2.05) is 24.3 Å². The number of nitroso groups, excluding NO2 is 1. The van der Waals surface area contributed by atoms with E-state index in [1.165, 1.54) is 6.20 Å². The summed E-state index contributed by atoms with van der Waals surface area (Å²) in [6.45, 7) is 0. The highest BCUT2D eigenvalue weighted by molar-refractivity contribution is 5.60. The fraction of sp³-hybridized carbons (Fsp3) is 0.0833. The van der Waals surface area contributed by atoms with Crippen LogP contribution in [0.3, 0.4) is 0 Å². The molecule has 0 atom stereocenters. The third kappa shape index (κ3) is 2.78. The van der Waals surface area contributed by atoms with Gasteiger partial charge in [0, 0.05) is 24.0 Å². The van der Waals surface area contributed by atoms with Crippen LogP contribution >= 0.6 is 0 Å². The first-order valence-corrected chi connectivity index (χ1v) is 5.02. The second kappa shape index (κ2) is 5.07. The Balaban J connectivity index is 2.21. The van der Waals surface area contributed by atoms with Gasteiger partial charge in [-0.05, 0) is 23.4 Å². The number of hydrogen-bond acceptors (Lipinski definition) is 5. The van der Waals surface area contributed by atoms with Crippen molar-refractivity contribution in [3.8, 4) is 5.75 Å². The maximum atomic E-state index is 10.4. The number of ether oxygens (including phenoxy) is 1. The first-order chi connectivity index (χ1) is 8.31. The van der Waals surface area contributed by atoms with Crippen molar-refractivity contribution in [2.75, 3.05) is 12.4 Å². The Bertz CT molecular complexity index is 529. The lowest BCUT2D eigenvalue weighted by atomic mass is 10.3. The molecule has 0 spiro atoms. The molecule has 1 heterocycles. The van der Waals surface area contributed by atoms with Crippen LogP contribution in [0.2, 0.25) is 0 Å². The number of hydrogen-bond donors (Lipinski definition) is 1. The maximum absolute atomic E-state index is 10.4. The van der Waals surface area contributed by atoms with Crippen molar-refractivity contribution in [2.45, 2.75) is 0 Å². The van der Waals surface area contributed by atoms with E-state index in [2.05, 4.69) is 15.5 Å². The summed E-state index contributed by atoms with van der Waals surface area (Å²) in [5.74, 6) is 1.31. The predicted octanol–water partition coefficient (Wildman–Crippen LogP) is 3.23. The van der Waals surface area contributed by atoms with Gasteiger partial charge in [0.05, 0.1) is 7.11 Å². The molecule has 86 valence electrons. The SMILES string of the molecule is COc1cccc(Nc2cc(N=O)ccn2)c1. The Morgan fingerprint density at radius 3 is 2.94 bits per heavy atom. The molecule has 5 heteroatoms. The molecular weight excluding hydrogens is 218 g/mol. The molecule has 0 amide bonds. The summed E-state index contributed by atoms with van der Waals surface area (Å²) < 4.78 is 5.11. The number of aromatic nitrogens is 1. The minimum Gasteiger partial charge on any atom is -0.497 e. The van der Waals surface area contributed by atoms with E-state index >= 15 is 0 Å². The van der Waals surface area contributed by atoms with E-state index in [9.17, 15) is 4.91 Å². The third-order valence-corrected chi connectivity index (χ3v) is 2.19. The predicted molar refractivity (Wildman–Crippen MR) is 66.0 cm³/mol. The lowest BCUT2D eigenvalue weighted by Gasteiger charge is -2.07. The molecule has 1 N–H and O–H groups in total. The van der Waals surface area contributed by atoms with Crippen LogP contribution < -0.4 is 10.1 Å². The zero-order chi connectivity index (χ0) is 12.1. The summed E-state index contributed by atoms with van der Waals surface area (Å²) in [4.78, 5) is 14.5. The fourth-order valence-corrected chi connectivity index (χ4v) is 1.39. The Labute approximate surface area is 98.4 Å². The molecule has 0 saturated heterocycles. The van der Waals surface area contributed by atoms with Crippen LogP contribution in [0.1, 0.15) is 0 Å². The van der Waals surface area contributed by atoms with Gasteiger partial charge in [-0.2, -0.15) is 0 Å². The van der Waals surface area contributed by atoms with Crippen LogP contribution in [0.4, 0.5) is 17.2 Å². The summed E-state index contributed by atoms with van der Waals surface area (Å²) in [5, 5.41) is 5.92. The first-order valence-electron chi connectivity index (χ1n) is 5.02. The Morgan fingerprint density at radius 2 is 2.18 bits per heavy atom. The number of benzene rings is 1. The van der Waals surface area contributed by atoms with Crippen molar-refractivity contribution < 1.29 is 4.74 Å². The fourth-order valence-electron chi connectivity index (χ4n) is 1.39. The molecule has 0 aliphatic carbocycles. The van der Waals surface area contributed by atoms with Crippen molar-refractivity contribution in [3.63, 3.8) is 0 Å². The molecular formula is C12H11N3O2. The molecule has 2 rings (SSSR count). The Morgan fingerprint density at radius 1 is 1.29 bits per heavy atom. The molecule has 0 fully saturated rings. The Kier molecular flexibility index (Phi) is 3.30. The number of rotatable bonds is 4. The number of anilines is 2. The lowest BCUT2D eigenvalue weighted by Crippen LogP contribution is -1.93. The molecule has 2 aromatic rings. The molecule has 0 aliphatic heterocycles. The minimum atomic E-state index is 0.338. The minimum absolute atomic E-state index is 0.338. The van der Waals surface area contributed by atoms with Crippen LogP contribution in [0.25, 0.3) is 0 Å². The summed E-state index contributed by atoms with van der Waals surface area (Å²) in [6, 6.07) is 10.6. The van der Waals surface area contributed by atoms with Gasteiger partial charge >= 0.3 is 0 Å². The van der Waals surface area contributed by atoms with E-state index in [0.717, 1.165) is 11.4 Å². The van der Waals surface area contributed by atoms with E-state index in [0.29, 0.717) is 11.5 Å². The highest BCUT2D eigenvalue weighted by atomic mass is 16.5. The maximum Gasteiger partial charge on any atom is 0.132 e. The van der Waals surface area contributed by atoms with Crippen molar-refractivity contribution >= 4 is 17.2 Å². The largest absolute Gasteiger partial charge is 0.497 e. The van der Waals surface area contributed by atoms with Crippen LogP contribution in [0.15, 0.2) is 47.8 Å². The highest BCUT2D eigenvalue weighted by Crippen LogP contribution is 2.22. The van der Waals surface area contributed by atoms with Crippen LogP contribution in [-0.2, 0) is 0 Å². The van der Waals surface area contributed by atoms with Gasteiger partial charge in [-0.25, -0.2) is 4.98 Å². The van der Waals surface area contributed by atoms with Gasteiger partial charge < -0.3 is 10.1 Å². The first kappa shape index (κ1) is 11.1. The van der Waals surface area contributed by atoms with E-state index in [4.69, 9.17) is 4.74 Å². The molecule has 0 saturated carbocycles. The molecule has 0 bridgehead atoms. The molecule has 17 heavy (non-hydrogen) atoms. The van der Waals surface area contributed by atoms with Crippen molar-refractivity contribution in [3.05, 3.63) is 47.5 Å². The van der Waals surface area contributed by atoms with Crippen molar-refractivity contribution in [1.29, 1.82) is 0 Å². The second-order valence-corrected chi connectivity index (χ2v) is 3.35. The average molecular weight is 229 g/mol. The summed E-state index contributed by atoms with van der Waals surface area (Å²) in [5.41, 5.74) is 1.17. The monoisotopic (exact) mass is 229 g/mol. The smallest absolute Gasteiger partial charge is 0.132 e. The highest BCUT2D eigenvalue weighted by Gasteiger charge is 1.99. The zero-order valence-electron chi connectivity index (χ0n) is 9.25. The summed E-state index contributed by atoms with van der Waals surface area (Å²) in [7, 11) is 1.61. The number of pyridine rings is 1. The van der Waals surface area contributed by atoms with Crippen LogP contribution in [-0.4, -0.2) is 12.1 Å². The van der Waals surface area contributed by atoms with Crippen molar-refractivity contribution in [2.24, 2.45) is 5.18 Å². The number of methoxy groups -OCH3 is 1. The third-order valence-electron chi connectivity index (χ3n) is 2.19. The van der Waals surface area contributed by atoms with Crippen LogP contribution in [0.5, 0.6) is 5.75 Å². The molecule has 5 nitrogen and oxygen atoms in total. The summed E-state index contributed by atoms with van der Waals surface area (Å²) in [6.07, 6.45) is 1.53. The van der Waals surface area contributed by atoms with Gasteiger partial charge in [0.1, 0.15) is 17.3 Å². The molecule has 0 radical (unpaired) electrons. The van der Waals surface area contributed by atoms with Gasteiger partial charge in [-0.3, -0.25) is 0 Å². The van der Waals surface area contributed by atoms with E-state index < -0.39 is 0 Å². The molecule has 1 aromatic heterocycles. The number of nitrogens with zero attached hydrogens (tertiary/aromatic N) is 2. The quantitative estimate of drug-likeness (QED) is 0.817. The van der Waals surface area contributed by atoms with Crippen LogP contribution in [0, 0.1) is 4.91 Å². The summed E-state index contributed by atoms with van der Waals surface area (Å²) >= 11 is 0. The standard InChI is InChI=1S/C12H11N3O2/c1-17-11-4-2-3-9(7-11)14-12-8-10(15-16)5-6-13-12/h2-8H,1H3,(H,13,14). The molecule has 0 aliphatic rings. The van der Waals surface area contributed by atoms with Gasteiger partial charge in [0.15, 0.2) is 0 Å². The molecule has 1 aromatic carbocycles. The molecule has 0 unspecified atom stereocenters. The van der Waals surface area contributed by atoms with Gasteiger partial charge in [-0.1, -0.05) is 6.07 Å². The van der Waals surface area contributed by atoms with E-state index in [-0.39, 0.29) is 0 Å². The van der Waals surface area contributed by atoms with Gasteiger partial charge in [0.25, 0.3) is 0 Å². The van der Waals surface area contributed by atoms with Gasteiger partial charge in [0.2, 0.25) is 0 Å². The number of nitrogens with one attached hydrogen (secondary N) is 1. The topological polar surface area (TPSA) is 63.6 Å².